The van der Waals surface area contributed by atoms with Crippen LogP contribution in [0.15, 0.2) is 0 Å². The molecule has 7 heteroatoms. The first-order chi connectivity index (χ1) is 9.38. The lowest BCUT2D eigenvalue weighted by molar-refractivity contribution is -0.141. The Morgan fingerprint density at radius 2 is 2.05 bits per heavy atom. The fourth-order valence-corrected chi connectivity index (χ4v) is 2.77. The van der Waals surface area contributed by atoms with E-state index in [2.05, 4.69) is 5.32 Å². The maximum atomic E-state index is 11.9. The van der Waals surface area contributed by atoms with Gasteiger partial charge in [0.05, 0.1) is 12.0 Å². The second-order valence-corrected chi connectivity index (χ2v) is 5.78. The predicted molar refractivity (Wildman–Crippen MR) is 71.1 cm³/mol. The van der Waals surface area contributed by atoms with Crippen molar-refractivity contribution in [2.45, 2.75) is 38.8 Å². The molecule has 0 saturated carbocycles. The summed E-state index contributed by atoms with van der Waals surface area (Å²) in [5.41, 5.74) is 0. The van der Waals surface area contributed by atoms with Gasteiger partial charge in [-0.2, -0.15) is 0 Å². The maximum absolute atomic E-state index is 11.9. The summed E-state index contributed by atoms with van der Waals surface area (Å²) in [6.45, 7) is 5.14. The average molecular weight is 283 g/mol. The SMILES string of the molecule is CC(C)NC(=O)N1CCC(N2CC(C(=O)O)CC2=O)C1. The lowest BCUT2D eigenvalue weighted by Crippen LogP contribution is -2.44. The van der Waals surface area contributed by atoms with Gasteiger partial charge in [0.1, 0.15) is 0 Å². The van der Waals surface area contributed by atoms with Crippen LogP contribution >= 0.6 is 0 Å². The van der Waals surface area contributed by atoms with Crippen molar-refractivity contribution in [3.63, 3.8) is 0 Å². The quantitative estimate of drug-likeness (QED) is 0.769. The number of rotatable bonds is 3. The van der Waals surface area contributed by atoms with Gasteiger partial charge in [-0.25, -0.2) is 4.79 Å². The highest BCUT2D eigenvalue weighted by Gasteiger charge is 2.40. The van der Waals surface area contributed by atoms with Crippen molar-refractivity contribution in [3.05, 3.63) is 0 Å². The number of aliphatic carboxylic acids is 1. The Labute approximate surface area is 117 Å². The number of carbonyl (C=O) groups excluding carboxylic acids is 2. The minimum Gasteiger partial charge on any atom is -0.481 e. The number of nitrogens with one attached hydrogen (secondary N) is 1. The molecule has 2 aliphatic heterocycles. The number of hydrogen-bond acceptors (Lipinski definition) is 3. The van der Waals surface area contributed by atoms with E-state index in [4.69, 9.17) is 5.11 Å². The highest BCUT2D eigenvalue weighted by atomic mass is 16.4. The summed E-state index contributed by atoms with van der Waals surface area (Å²) in [6.07, 6.45) is 0.785. The summed E-state index contributed by atoms with van der Waals surface area (Å²) < 4.78 is 0. The molecule has 2 unspecified atom stereocenters. The van der Waals surface area contributed by atoms with Gasteiger partial charge in [-0.1, -0.05) is 0 Å². The number of nitrogens with zero attached hydrogens (tertiary/aromatic N) is 2. The smallest absolute Gasteiger partial charge is 0.317 e. The van der Waals surface area contributed by atoms with Crippen LogP contribution in [0.3, 0.4) is 0 Å². The van der Waals surface area contributed by atoms with Gasteiger partial charge in [0.25, 0.3) is 0 Å². The fourth-order valence-electron chi connectivity index (χ4n) is 2.77. The predicted octanol–water partition coefficient (Wildman–Crippen LogP) is 0.112. The van der Waals surface area contributed by atoms with Gasteiger partial charge >= 0.3 is 12.0 Å². The fraction of sp³-hybridized carbons (Fsp3) is 0.769. The third-order valence-corrected chi connectivity index (χ3v) is 3.81. The van der Waals surface area contributed by atoms with E-state index in [0.717, 1.165) is 0 Å². The minimum absolute atomic E-state index is 0.0511. The van der Waals surface area contributed by atoms with Crippen LogP contribution in [0.1, 0.15) is 26.7 Å². The van der Waals surface area contributed by atoms with Crippen molar-refractivity contribution in [2.75, 3.05) is 19.6 Å². The zero-order chi connectivity index (χ0) is 14.9. The number of hydrogen-bond donors (Lipinski definition) is 2. The molecule has 3 amide bonds. The number of amides is 3. The molecule has 0 bridgehead atoms. The molecule has 0 aromatic rings. The lowest BCUT2D eigenvalue weighted by atomic mass is 10.1. The molecule has 2 fully saturated rings. The Morgan fingerprint density at radius 3 is 2.60 bits per heavy atom. The van der Waals surface area contributed by atoms with Crippen molar-refractivity contribution >= 4 is 17.9 Å². The molecule has 0 radical (unpaired) electrons. The number of carboxylic acid groups (broad SMARTS) is 1. The topological polar surface area (TPSA) is 90.0 Å². The van der Waals surface area contributed by atoms with E-state index in [0.29, 0.717) is 19.5 Å². The van der Waals surface area contributed by atoms with E-state index in [9.17, 15) is 14.4 Å². The minimum atomic E-state index is -0.923. The van der Waals surface area contributed by atoms with Gasteiger partial charge in [-0.05, 0) is 20.3 Å². The molecule has 0 aromatic carbocycles. The molecule has 0 spiro atoms. The van der Waals surface area contributed by atoms with Gasteiger partial charge in [-0.3, -0.25) is 9.59 Å². The molecule has 112 valence electrons. The molecule has 2 aliphatic rings. The maximum Gasteiger partial charge on any atom is 0.317 e. The monoisotopic (exact) mass is 283 g/mol. The Morgan fingerprint density at radius 1 is 1.35 bits per heavy atom. The van der Waals surface area contributed by atoms with Crippen LogP contribution in [0.2, 0.25) is 0 Å². The van der Waals surface area contributed by atoms with Crippen LogP contribution in [0, 0.1) is 5.92 Å². The van der Waals surface area contributed by atoms with Crippen LogP contribution in [0.5, 0.6) is 0 Å². The molecule has 2 atom stereocenters. The second kappa shape index (κ2) is 5.68. The van der Waals surface area contributed by atoms with Crippen LogP contribution in [-0.4, -0.2) is 64.5 Å². The van der Waals surface area contributed by atoms with Gasteiger partial charge in [-0.15, -0.1) is 0 Å². The zero-order valence-corrected chi connectivity index (χ0v) is 11.8. The summed E-state index contributed by atoms with van der Waals surface area (Å²) in [5, 5.41) is 11.8. The summed E-state index contributed by atoms with van der Waals surface area (Å²) in [6, 6.07) is -0.0972. The summed E-state index contributed by atoms with van der Waals surface area (Å²) in [4.78, 5) is 38.0. The standard InChI is InChI=1S/C13H21N3O4/c1-8(2)14-13(20)15-4-3-10(7-15)16-6-9(12(18)19)5-11(16)17/h8-10H,3-7H2,1-2H3,(H,14,20)(H,18,19). The van der Waals surface area contributed by atoms with Crippen LogP contribution < -0.4 is 5.32 Å². The third kappa shape index (κ3) is 3.02. The van der Waals surface area contributed by atoms with Crippen molar-refractivity contribution in [1.82, 2.24) is 15.1 Å². The molecule has 0 aromatic heterocycles. The van der Waals surface area contributed by atoms with Crippen LogP contribution in [0.4, 0.5) is 4.79 Å². The highest BCUT2D eigenvalue weighted by Crippen LogP contribution is 2.25. The third-order valence-electron chi connectivity index (χ3n) is 3.81. The van der Waals surface area contributed by atoms with Gasteiger partial charge < -0.3 is 20.2 Å². The molecule has 2 heterocycles. The van der Waals surface area contributed by atoms with E-state index in [-0.39, 0.29) is 37.0 Å². The number of carboxylic acids is 1. The van der Waals surface area contributed by atoms with E-state index >= 15 is 0 Å². The molecular weight excluding hydrogens is 262 g/mol. The molecule has 20 heavy (non-hydrogen) atoms. The van der Waals surface area contributed by atoms with E-state index < -0.39 is 11.9 Å². The molecule has 0 aliphatic carbocycles. The Bertz CT molecular complexity index is 424. The number of urea groups is 1. The summed E-state index contributed by atoms with van der Waals surface area (Å²) in [5.74, 6) is -1.65. The second-order valence-electron chi connectivity index (χ2n) is 5.78. The normalized spacial score (nSPS) is 26.4. The zero-order valence-electron chi connectivity index (χ0n) is 11.8. The Balaban J connectivity index is 1.91. The van der Waals surface area contributed by atoms with Crippen LogP contribution in [-0.2, 0) is 9.59 Å². The molecule has 2 N–H and O–H groups in total. The van der Waals surface area contributed by atoms with Gasteiger partial charge in [0.2, 0.25) is 5.91 Å². The van der Waals surface area contributed by atoms with Crippen molar-refractivity contribution in [2.24, 2.45) is 5.92 Å². The van der Waals surface area contributed by atoms with Crippen molar-refractivity contribution in [3.8, 4) is 0 Å². The first kappa shape index (κ1) is 14.6. The van der Waals surface area contributed by atoms with Gasteiger partial charge in [0, 0.05) is 32.1 Å². The number of likely N-dealkylation sites (tertiary alicyclic amines) is 2. The molecule has 2 rings (SSSR count). The van der Waals surface area contributed by atoms with Crippen molar-refractivity contribution in [1.29, 1.82) is 0 Å². The Hall–Kier alpha value is -1.79. The van der Waals surface area contributed by atoms with Crippen molar-refractivity contribution < 1.29 is 19.5 Å². The summed E-state index contributed by atoms with van der Waals surface area (Å²) in [7, 11) is 0. The first-order valence-electron chi connectivity index (χ1n) is 6.96. The van der Waals surface area contributed by atoms with Gasteiger partial charge in [0.15, 0.2) is 0 Å². The largest absolute Gasteiger partial charge is 0.481 e. The molecule has 7 nitrogen and oxygen atoms in total. The Kier molecular flexibility index (Phi) is 4.15. The first-order valence-corrected chi connectivity index (χ1v) is 6.96. The van der Waals surface area contributed by atoms with E-state index in [1.165, 1.54) is 0 Å². The lowest BCUT2D eigenvalue weighted by Gasteiger charge is -2.25. The molecule has 2 saturated heterocycles. The van der Waals surface area contributed by atoms with E-state index in [1.807, 2.05) is 13.8 Å². The molecular formula is C13H21N3O4. The van der Waals surface area contributed by atoms with Crippen LogP contribution in [0.25, 0.3) is 0 Å². The number of carbonyl (C=O) groups is 3. The average Bonchev–Trinajstić information content (AvgIpc) is 2.93. The van der Waals surface area contributed by atoms with E-state index in [1.54, 1.807) is 9.80 Å². The summed E-state index contributed by atoms with van der Waals surface area (Å²) >= 11 is 0. The highest BCUT2D eigenvalue weighted by molar-refractivity contribution is 5.86.